The number of carbonyl (C=O) groups is 1. The topological polar surface area (TPSA) is 46.3 Å². The second kappa shape index (κ2) is 5.63. The molecule has 2 N–H and O–H groups in total. The Hall–Kier alpha value is -0.870. The molecule has 0 radical (unpaired) electrons. The molecule has 0 aromatic heterocycles. The molecule has 1 aromatic rings. The van der Waals surface area contributed by atoms with E-state index in [0.29, 0.717) is 6.54 Å². The molecule has 0 aliphatic heterocycles. The quantitative estimate of drug-likeness (QED) is 0.925. The van der Waals surface area contributed by atoms with E-state index in [1.54, 1.807) is 0 Å². The number of benzene rings is 1. The number of hydrogen-bond acceptors (Lipinski definition) is 2. The van der Waals surface area contributed by atoms with Crippen molar-refractivity contribution in [3.63, 3.8) is 0 Å². The maximum atomic E-state index is 12.5. The van der Waals surface area contributed by atoms with Crippen molar-refractivity contribution in [1.29, 1.82) is 0 Å². The van der Waals surface area contributed by atoms with Crippen LogP contribution in [0.15, 0.2) is 22.7 Å². The Morgan fingerprint density at radius 2 is 2.16 bits per heavy atom. The van der Waals surface area contributed by atoms with E-state index >= 15 is 0 Å². The Balaban J connectivity index is 2.12. The van der Waals surface area contributed by atoms with Crippen molar-refractivity contribution in [2.45, 2.75) is 26.2 Å². The van der Waals surface area contributed by atoms with Crippen LogP contribution in [0.4, 0.5) is 0 Å². The predicted molar refractivity (Wildman–Crippen MR) is 81.2 cm³/mol. The molecule has 0 atom stereocenters. The van der Waals surface area contributed by atoms with Gasteiger partial charge in [0, 0.05) is 29.0 Å². The van der Waals surface area contributed by atoms with Gasteiger partial charge < -0.3 is 10.6 Å². The van der Waals surface area contributed by atoms with Crippen LogP contribution in [0.1, 0.15) is 35.2 Å². The standard InChI is InChI=1S/C15H21BrN2O/c1-11-4-5-12(16)8-13(11)14(19)18(2)10-15(9-17)6-3-7-15/h4-5,8H,3,6-7,9-10,17H2,1-2H3. The van der Waals surface area contributed by atoms with Gasteiger partial charge >= 0.3 is 0 Å². The Bertz CT molecular complexity index is 478. The lowest BCUT2D eigenvalue weighted by Crippen LogP contribution is -2.47. The van der Waals surface area contributed by atoms with Crippen molar-refractivity contribution in [2.75, 3.05) is 20.1 Å². The molecule has 1 amide bonds. The summed E-state index contributed by atoms with van der Waals surface area (Å²) in [6.45, 7) is 3.39. The molecule has 1 saturated carbocycles. The normalized spacial score (nSPS) is 16.8. The SMILES string of the molecule is Cc1ccc(Br)cc1C(=O)N(C)CC1(CN)CCC1. The van der Waals surface area contributed by atoms with Crippen molar-refractivity contribution in [1.82, 2.24) is 4.90 Å². The van der Waals surface area contributed by atoms with Gasteiger partial charge in [-0.1, -0.05) is 28.4 Å². The molecular formula is C15H21BrN2O. The first kappa shape index (κ1) is 14.5. The number of carbonyl (C=O) groups excluding carboxylic acids is 1. The van der Waals surface area contributed by atoms with Gasteiger partial charge in [0.05, 0.1) is 0 Å². The van der Waals surface area contributed by atoms with E-state index in [1.165, 1.54) is 6.42 Å². The highest BCUT2D eigenvalue weighted by atomic mass is 79.9. The first-order valence-corrected chi connectivity index (χ1v) is 7.48. The van der Waals surface area contributed by atoms with E-state index in [0.717, 1.165) is 35.0 Å². The van der Waals surface area contributed by atoms with Crippen molar-refractivity contribution in [3.05, 3.63) is 33.8 Å². The third-order valence-corrected chi connectivity index (χ3v) is 4.69. The molecule has 104 valence electrons. The molecule has 1 aromatic carbocycles. The van der Waals surface area contributed by atoms with E-state index in [2.05, 4.69) is 15.9 Å². The zero-order valence-electron chi connectivity index (χ0n) is 11.6. The fourth-order valence-corrected chi connectivity index (χ4v) is 3.07. The van der Waals surface area contributed by atoms with Crippen LogP contribution < -0.4 is 5.73 Å². The Morgan fingerprint density at radius 1 is 1.47 bits per heavy atom. The highest BCUT2D eigenvalue weighted by Crippen LogP contribution is 2.40. The summed E-state index contributed by atoms with van der Waals surface area (Å²) >= 11 is 3.42. The lowest BCUT2D eigenvalue weighted by atomic mass is 9.68. The fraction of sp³-hybridized carbons (Fsp3) is 0.533. The molecule has 1 fully saturated rings. The van der Waals surface area contributed by atoms with Crippen LogP contribution in [0.3, 0.4) is 0 Å². The summed E-state index contributed by atoms with van der Waals surface area (Å²) < 4.78 is 0.937. The van der Waals surface area contributed by atoms with Crippen LogP contribution in [0.5, 0.6) is 0 Å². The highest BCUT2D eigenvalue weighted by molar-refractivity contribution is 9.10. The van der Waals surface area contributed by atoms with Crippen molar-refractivity contribution in [3.8, 4) is 0 Å². The number of nitrogens with zero attached hydrogens (tertiary/aromatic N) is 1. The molecule has 4 heteroatoms. The Kier molecular flexibility index (Phi) is 4.31. The number of rotatable bonds is 4. The molecule has 1 aliphatic carbocycles. The molecule has 1 aliphatic rings. The van der Waals surface area contributed by atoms with Gasteiger partial charge in [0.15, 0.2) is 0 Å². The van der Waals surface area contributed by atoms with Crippen molar-refractivity contribution < 1.29 is 4.79 Å². The Labute approximate surface area is 123 Å². The number of amides is 1. The van der Waals surface area contributed by atoms with Crippen LogP contribution >= 0.6 is 15.9 Å². The summed E-state index contributed by atoms with van der Waals surface area (Å²) in [5.41, 5.74) is 7.80. The molecule has 19 heavy (non-hydrogen) atoms. The fourth-order valence-electron chi connectivity index (χ4n) is 2.71. The minimum Gasteiger partial charge on any atom is -0.341 e. The average Bonchev–Trinajstić information content (AvgIpc) is 2.35. The van der Waals surface area contributed by atoms with Gasteiger partial charge in [0.1, 0.15) is 0 Å². The summed E-state index contributed by atoms with van der Waals surface area (Å²) in [4.78, 5) is 14.3. The molecule has 0 spiro atoms. The van der Waals surface area contributed by atoms with E-state index in [9.17, 15) is 4.79 Å². The molecule has 0 heterocycles. The van der Waals surface area contributed by atoms with Crippen LogP contribution in [0.2, 0.25) is 0 Å². The van der Waals surface area contributed by atoms with Crippen LogP contribution in [0.25, 0.3) is 0 Å². The van der Waals surface area contributed by atoms with Crippen LogP contribution in [-0.2, 0) is 0 Å². The van der Waals surface area contributed by atoms with E-state index in [4.69, 9.17) is 5.73 Å². The second-order valence-electron chi connectivity index (χ2n) is 5.68. The van der Waals surface area contributed by atoms with E-state index in [1.807, 2.05) is 37.1 Å². The van der Waals surface area contributed by atoms with Crippen molar-refractivity contribution >= 4 is 21.8 Å². The first-order valence-electron chi connectivity index (χ1n) is 6.69. The minimum atomic E-state index is 0.0820. The van der Waals surface area contributed by atoms with Gasteiger partial charge in [-0.15, -0.1) is 0 Å². The van der Waals surface area contributed by atoms with Gasteiger partial charge in [-0.25, -0.2) is 0 Å². The van der Waals surface area contributed by atoms with Crippen LogP contribution in [0, 0.1) is 12.3 Å². The lowest BCUT2D eigenvalue weighted by molar-refractivity contribution is 0.0568. The largest absolute Gasteiger partial charge is 0.341 e. The highest BCUT2D eigenvalue weighted by Gasteiger charge is 2.37. The number of nitrogens with two attached hydrogens (primary N) is 1. The van der Waals surface area contributed by atoms with E-state index < -0.39 is 0 Å². The third-order valence-electron chi connectivity index (χ3n) is 4.20. The van der Waals surface area contributed by atoms with Gasteiger partial charge in [-0.05, 0) is 44.0 Å². The third kappa shape index (κ3) is 3.00. The van der Waals surface area contributed by atoms with Gasteiger partial charge in [0.25, 0.3) is 5.91 Å². The molecular weight excluding hydrogens is 304 g/mol. The summed E-state index contributed by atoms with van der Waals surface area (Å²) in [5, 5.41) is 0. The summed E-state index contributed by atoms with van der Waals surface area (Å²) in [6, 6.07) is 5.82. The van der Waals surface area contributed by atoms with Gasteiger partial charge in [-0.2, -0.15) is 0 Å². The minimum absolute atomic E-state index is 0.0820. The predicted octanol–water partition coefficient (Wildman–Crippen LogP) is 2.96. The van der Waals surface area contributed by atoms with Gasteiger partial charge in [0.2, 0.25) is 0 Å². The van der Waals surface area contributed by atoms with Gasteiger partial charge in [-0.3, -0.25) is 4.79 Å². The number of aryl methyl sites for hydroxylation is 1. The molecule has 0 unspecified atom stereocenters. The molecule has 2 rings (SSSR count). The maximum Gasteiger partial charge on any atom is 0.253 e. The maximum absolute atomic E-state index is 12.5. The molecule has 3 nitrogen and oxygen atoms in total. The summed E-state index contributed by atoms with van der Waals surface area (Å²) in [5.74, 6) is 0.0820. The zero-order chi connectivity index (χ0) is 14.0. The summed E-state index contributed by atoms with van der Waals surface area (Å²) in [6.07, 6.45) is 3.51. The number of hydrogen-bond donors (Lipinski definition) is 1. The van der Waals surface area contributed by atoms with Crippen molar-refractivity contribution in [2.24, 2.45) is 11.1 Å². The second-order valence-corrected chi connectivity index (χ2v) is 6.59. The Morgan fingerprint density at radius 3 is 2.68 bits per heavy atom. The first-order chi connectivity index (χ1) is 8.97. The lowest BCUT2D eigenvalue weighted by Gasteiger charge is -2.43. The number of halogens is 1. The summed E-state index contributed by atoms with van der Waals surface area (Å²) in [7, 11) is 1.87. The molecule has 0 saturated heterocycles. The average molecular weight is 325 g/mol. The smallest absolute Gasteiger partial charge is 0.253 e. The van der Waals surface area contributed by atoms with E-state index in [-0.39, 0.29) is 11.3 Å². The molecule has 0 bridgehead atoms. The van der Waals surface area contributed by atoms with Crippen LogP contribution in [-0.4, -0.2) is 30.9 Å². The monoisotopic (exact) mass is 324 g/mol. The zero-order valence-corrected chi connectivity index (χ0v) is 13.2.